The maximum Gasteiger partial charge on any atom is 0.132 e. The number of phenolic OH excluding ortho intramolecular Hbond substituents is 2. The van der Waals surface area contributed by atoms with Crippen LogP contribution in [0, 0.1) is 6.92 Å². The summed E-state index contributed by atoms with van der Waals surface area (Å²) in [6.45, 7) is 6.22. The summed E-state index contributed by atoms with van der Waals surface area (Å²) in [5.41, 5.74) is 4.04. The second-order valence-corrected chi connectivity index (χ2v) is 8.24. The van der Waals surface area contributed by atoms with Crippen LogP contribution in [0.15, 0.2) is 30.3 Å². The van der Waals surface area contributed by atoms with Crippen molar-refractivity contribution >= 4 is 10.8 Å². The quantitative estimate of drug-likeness (QED) is 0.626. The highest BCUT2D eigenvalue weighted by atomic mass is 16.5. The van der Waals surface area contributed by atoms with Gasteiger partial charge in [0, 0.05) is 23.2 Å². The van der Waals surface area contributed by atoms with Crippen LogP contribution in [0.1, 0.15) is 36.6 Å². The summed E-state index contributed by atoms with van der Waals surface area (Å²) in [5, 5.41) is 24.2. The molecule has 0 saturated carbocycles. The van der Waals surface area contributed by atoms with Gasteiger partial charge in [-0.3, -0.25) is 4.90 Å². The van der Waals surface area contributed by atoms with E-state index in [2.05, 4.69) is 25.8 Å². The van der Waals surface area contributed by atoms with Gasteiger partial charge in [0.05, 0.1) is 25.2 Å². The molecular formula is C25H29NO4. The number of nitrogens with zero attached hydrogens (tertiary/aromatic N) is 1. The third-order valence-corrected chi connectivity index (χ3v) is 6.62. The smallest absolute Gasteiger partial charge is 0.132 e. The molecule has 5 heteroatoms. The van der Waals surface area contributed by atoms with Gasteiger partial charge >= 0.3 is 0 Å². The minimum absolute atomic E-state index is 0.0439. The minimum Gasteiger partial charge on any atom is -0.507 e. The van der Waals surface area contributed by atoms with Crippen LogP contribution in [0.25, 0.3) is 21.9 Å². The molecule has 0 radical (unpaired) electrons. The summed E-state index contributed by atoms with van der Waals surface area (Å²) in [7, 11) is 5.33. The van der Waals surface area contributed by atoms with Crippen LogP contribution in [0.5, 0.6) is 23.0 Å². The molecule has 0 bridgehead atoms. The number of aromatic hydroxyl groups is 2. The number of hydrogen-bond donors (Lipinski definition) is 2. The lowest BCUT2D eigenvalue weighted by molar-refractivity contribution is 0.176. The highest BCUT2D eigenvalue weighted by molar-refractivity contribution is 6.06. The van der Waals surface area contributed by atoms with Crippen LogP contribution in [-0.4, -0.2) is 42.4 Å². The van der Waals surface area contributed by atoms with Gasteiger partial charge in [-0.2, -0.15) is 0 Å². The molecule has 1 aliphatic heterocycles. The van der Waals surface area contributed by atoms with E-state index in [1.807, 2.05) is 37.3 Å². The third kappa shape index (κ3) is 2.88. The minimum atomic E-state index is 0.0439. The molecule has 0 fully saturated rings. The molecule has 0 unspecified atom stereocenters. The highest BCUT2D eigenvalue weighted by Gasteiger charge is 2.32. The zero-order valence-electron chi connectivity index (χ0n) is 18.4. The van der Waals surface area contributed by atoms with Crippen molar-refractivity contribution in [2.75, 3.05) is 21.3 Å². The molecule has 0 saturated heterocycles. The van der Waals surface area contributed by atoms with Gasteiger partial charge in [0.2, 0.25) is 0 Å². The maximum atomic E-state index is 11.4. The summed E-state index contributed by atoms with van der Waals surface area (Å²) in [6, 6.07) is 9.89. The molecular weight excluding hydrogens is 378 g/mol. The number of ether oxygens (including phenoxy) is 2. The summed E-state index contributed by atoms with van der Waals surface area (Å²) >= 11 is 0. The summed E-state index contributed by atoms with van der Waals surface area (Å²) in [5.74, 6) is 1.62. The molecule has 3 aromatic carbocycles. The van der Waals surface area contributed by atoms with E-state index in [4.69, 9.17) is 9.47 Å². The molecule has 2 N–H and O–H groups in total. The number of fused-ring (bicyclic) bond motifs is 2. The lowest BCUT2D eigenvalue weighted by Gasteiger charge is -2.38. The number of hydrogen-bond acceptors (Lipinski definition) is 5. The second kappa shape index (κ2) is 7.40. The molecule has 0 amide bonds. The van der Waals surface area contributed by atoms with Gasteiger partial charge in [0.15, 0.2) is 0 Å². The largest absolute Gasteiger partial charge is 0.507 e. The van der Waals surface area contributed by atoms with E-state index >= 15 is 0 Å². The number of methoxy groups -OCH3 is 2. The molecule has 2 atom stereocenters. The molecule has 1 aliphatic rings. The van der Waals surface area contributed by atoms with E-state index in [0.717, 1.165) is 39.4 Å². The Hall–Kier alpha value is -2.92. The Morgan fingerprint density at radius 3 is 2.37 bits per heavy atom. The Bertz CT molecular complexity index is 1140. The SMILES string of the molecule is COc1cccc2c(-c3c(O)cc4c(c3O)[C@@H](C)N(C)[C@@H](C)C4)c(C)cc(OC)c12. The Labute approximate surface area is 177 Å². The molecule has 3 aromatic rings. The summed E-state index contributed by atoms with van der Waals surface area (Å²) < 4.78 is 11.2. The number of likely N-dealkylation sites (N-methyl/N-ethyl adjacent to an activating group) is 1. The highest BCUT2D eigenvalue weighted by Crippen LogP contribution is 2.51. The summed E-state index contributed by atoms with van der Waals surface area (Å²) in [6.07, 6.45) is 0.785. The van der Waals surface area contributed by atoms with Crippen molar-refractivity contribution < 1.29 is 19.7 Å². The van der Waals surface area contributed by atoms with Crippen molar-refractivity contribution in [3.63, 3.8) is 0 Å². The fourth-order valence-corrected chi connectivity index (χ4v) is 4.86. The number of benzene rings is 3. The molecule has 0 aromatic heterocycles. The van der Waals surface area contributed by atoms with E-state index in [0.29, 0.717) is 23.1 Å². The lowest BCUT2D eigenvalue weighted by atomic mass is 9.84. The van der Waals surface area contributed by atoms with Crippen molar-refractivity contribution in [1.29, 1.82) is 0 Å². The Morgan fingerprint density at radius 1 is 1.00 bits per heavy atom. The first-order valence-electron chi connectivity index (χ1n) is 10.2. The fourth-order valence-electron chi connectivity index (χ4n) is 4.86. The summed E-state index contributed by atoms with van der Waals surface area (Å²) in [4.78, 5) is 2.25. The van der Waals surface area contributed by atoms with Gasteiger partial charge in [-0.25, -0.2) is 0 Å². The van der Waals surface area contributed by atoms with Gasteiger partial charge in [-0.05, 0) is 69.0 Å². The molecule has 5 nitrogen and oxygen atoms in total. The normalized spacial score (nSPS) is 19.0. The molecule has 158 valence electrons. The van der Waals surface area contributed by atoms with Gasteiger partial charge in [-0.1, -0.05) is 12.1 Å². The zero-order chi connectivity index (χ0) is 21.7. The Kier molecular flexibility index (Phi) is 5.02. The van der Waals surface area contributed by atoms with Crippen LogP contribution in [-0.2, 0) is 6.42 Å². The van der Waals surface area contributed by atoms with E-state index in [-0.39, 0.29) is 17.5 Å². The van der Waals surface area contributed by atoms with Gasteiger partial charge in [-0.15, -0.1) is 0 Å². The first kappa shape index (κ1) is 20.4. The van der Waals surface area contributed by atoms with Crippen LogP contribution in [0.3, 0.4) is 0 Å². The van der Waals surface area contributed by atoms with Crippen molar-refractivity contribution in [3.05, 3.63) is 47.0 Å². The molecule has 0 spiro atoms. The van der Waals surface area contributed by atoms with E-state index in [9.17, 15) is 10.2 Å². The Balaban J connectivity index is 2.09. The van der Waals surface area contributed by atoms with Crippen LogP contribution < -0.4 is 9.47 Å². The van der Waals surface area contributed by atoms with Gasteiger partial charge in [0.25, 0.3) is 0 Å². The second-order valence-electron chi connectivity index (χ2n) is 8.24. The average molecular weight is 408 g/mol. The van der Waals surface area contributed by atoms with Crippen molar-refractivity contribution in [1.82, 2.24) is 4.90 Å². The van der Waals surface area contributed by atoms with E-state index in [1.165, 1.54) is 0 Å². The Morgan fingerprint density at radius 2 is 1.70 bits per heavy atom. The third-order valence-electron chi connectivity index (χ3n) is 6.62. The van der Waals surface area contributed by atoms with Gasteiger partial charge in [0.1, 0.15) is 23.0 Å². The van der Waals surface area contributed by atoms with Crippen LogP contribution in [0.4, 0.5) is 0 Å². The van der Waals surface area contributed by atoms with Gasteiger partial charge < -0.3 is 19.7 Å². The van der Waals surface area contributed by atoms with E-state index < -0.39 is 0 Å². The topological polar surface area (TPSA) is 62.2 Å². The standard InChI is InChI=1S/C25H29NO4/c1-13-10-20(30-6)23-17(8-7-9-19(23)29-5)21(13)24-18(27)12-16-11-14(2)26(4)15(3)22(16)25(24)28/h7-10,12,14-15,27-28H,11H2,1-6H3/t14-,15+/m0/s1. The maximum absolute atomic E-state index is 11.4. The molecule has 1 heterocycles. The zero-order valence-corrected chi connectivity index (χ0v) is 18.4. The first-order valence-corrected chi connectivity index (χ1v) is 10.2. The van der Waals surface area contributed by atoms with Crippen LogP contribution >= 0.6 is 0 Å². The van der Waals surface area contributed by atoms with Crippen molar-refractivity contribution in [2.24, 2.45) is 0 Å². The number of rotatable bonds is 3. The predicted octanol–water partition coefficient (Wildman–Crippen LogP) is 5.18. The van der Waals surface area contributed by atoms with Crippen molar-refractivity contribution in [3.8, 4) is 34.1 Å². The fraction of sp³-hybridized carbons (Fsp3) is 0.360. The lowest BCUT2D eigenvalue weighted by Crippen LogP contribution is -2.38. The molecule has 4 rings (SSSR count). The van der Waals surface area contributed by atoms with Crippen LogP contribution in [0.2, 0.25) is 0 Å². The number of phenols is 2. The average Bonchev–Trinajstić information content (AvgIpc) is 2.72. The molecule has 0 aliphatic carbocycles. The van der Waals surface area contributed by atoms with Crippen molar-refractivity contribution in [2.45, 2.75) is 39.3 Å². The monoisotopic (exact) mass is 407 g/mol. The van der Waals surface area contributed by atoms with E-state index in [1.54, 1.807) is 14.2 Å². The predicted molar refractivity (Wildman–Crippen MR) is 120 cm³/mol. The first-order chi connectivity index (χ1) is 14.3. The number of aryl methyl sites for hydroxylation is 1. The molecule has 30 heavy (non-hydrogen) atoms.